The highest BCUT2D eigenvalue weighted by atomic mass is 28.5. The smallest absolute Gasteiger partial charge is 0.498 e. The summed E-state index contributed by atoms with van der Waals surface area (Å²) in [6.07, 6.45) is 0. The van der Waals surface area contributed by atoms with E-state index >= 15 is 0 Å². The Kier molecular flexibility index (Phi) is 6.35. The molecular weight excluding hydrogens is 356 g/mol. The fourth-order valence-corrected chi connectivity index (χ4v) is 8.70. The van der Waals surface area contributed by atoms with Gasteiger partial charge in [-0.15, -0.1) is 5.19 Å². The van der Waals surface area contributed by atoms with Gasteiger partial charge in [0.05, 0.1) is 0 Å². The molecule has 4 N–H and O–H groups in total. The summed E-state index contributed by atoms with van der Waals surface area (Å²) in [5, 5.41) is 1.47. The summed E-state index contributed by atoms with van der Waals surface area (Å²) in [6.45, 7) is 0. The van der Waals surface area contributed by atoms with E-state index in [0.717, 1.165) is 10.4 Å². The standard InChI is InChI=1S/C16H24N2O5Si2/c1-19-24(20-2,15-10-8-13(17)9-11-15)23-25(21-3,22-4)16-7-5-6-14(18)12-16/h5-12H,17-18H2,1-4H3/q-1. The highest BCUT2D eigenvalue weighted by Gasteiger charge is 2.46. The van der Waals surface area contributed by atoms with Crippen molar-refractivity contribution in [3.05, 3.63) is 48.5 Å². The minimum absolute atomic E-state index is 0.585. The predicted octanol–water partition coefficient (Wildman–Crippen LogP) is 0.445. The number of anilines is 2. The van der Waals surface area contributed by atoms with Crippen molar-refractivity contribution in [3.8, 4) is 0 Å². The van der Waals surface area contributed by atoms with Gasteiger partial charge in [-0.25, -0.2) is 0 Å². The Morgan fingerprint density at radius 3 is 1.88 bits per heavy atom. The predicted molar refractivity (Wildman–Crippen MR) is 102 cm³/mol. The summed E-state index contributed by atoms with van der Waals surface area (Å²) >= 11 is 0. The van der Waals surface area contributed by atoms with Crippen molar-refractivity contribution in [1.29, 1.82) is 0 Å². The quantitative estimate of drug-likeness (QED) is 0.507. The highest BCUT2D eigenvalue weighted by molar-refractivity contribution is 6.88. The maximum atomic E-state index is 6.38. The molecule has 0 radical (unpaired) electrons. The third-order valence-corrected chi connectivity index (χ3v) is 10.2. The number of benzene rings is 2. The minimum atomic E-state index is -3.32. The zero-order chi connectivity index (χ0) is 18.5. The number of hydrogen-bond acceptors (Lipinski definition) is 7. The van der Waals surface area contributed by atoms with E-state index in [-0.39, 0.29) is 0 Å². The lowest BCUT2D eigenvalue weighted by atomic mass is 10.3. The van der Waals surface area contributed by atoms with E-state index in [4.69, 9.17) is 33.3 Å². The Hall–Kier alpha value is -1.73. The minimum Gasteiger partial charge on any atom is -0.524 e. The van der Waals surface area contributed by atoms with Crippen molar-refractivity contribution in [2.75, 3.05) is 39.9 Å². The van der Waals surface area contributed by atoms with Crippen molar-refractivity contribution < 1.29 is 21.8 Å². The van der Waals surface area contributed by atoms with Crippen LogP contribution in [0.3, 0.4) is 0 Å². The topological polar surface area (TPSA) is 98.2 Å². The second kappa shape index (κ2) is 8.10. The molecule has 0 aliphatic carbocycles. The van der Waals surface area contributed by atoms with Gasteiger partial charge >= 0.3 is 17.6 Å². The summed E-state index contributed by atoms with van der Waals surface area (Å²) in [4.78, 5) is 0. The highest BCUT2D eigenvalue weighted by Crippen LogP contribution is 2.19. The van der Waals surface area contributed by atoms with Crippen LogP contribution in [0.4, 0.5) is 11.4 Å². The molecule has 0 aliphatic heterocycles. The van der Waals surface area contributed by atoms with Gasteiger partial charge in [0, 0.05) is 30.8 Å². The number of rotatable bonds is 8. The molecule has 25 heavy (non-hydrogen) atoms. The molecule has 0 aromatic heterocycles. The molecule has 7 nitrogen and oxygen atoms in total. The first-order valence-corrected chi connectivity index (χ1v) is 11.0. The van der Waals surface area contributed by atoms with Crippen molar-refractivity contribution in [2.45, 2.75) is 0 Å². The first-order chi connectivity index (χ1) is 11.9. The molecule has 0 atom stereocenters. The first kappa shape index (κ1) is 19.6. The second-order valence-corrected chi connectivity index (χ2v) is 11.1. The van der Waals surface area contributed by atoms with Crippen molar-refractivity contribution in [2.24, 2.45) is 0 Å². The van der Waals surface area contributed by atoms with Gasteiger partial charge in [0.2, 0.25) is 0 Å². The normalized spacial score (nSPS) is 12.3. The molecule has 0 amide bonds. The summed E-state index contributed by atoms with van der Waals surface area (Å²) in [5.74, 6) is 0. The van der Waals surface area contributed by atoms with Crippen LogP contribution >= 0.6 is 0 Å². The Morgan fingerprint density at radius 1 is 0.800 bits per heavy atom. The van der Waals surface area contributed by atoms with Gasteiger partial charge in [-0.2, -0.15) is 0 Å². The van der Waals surface area contributed by atoms with Crippen LogP contribution in [-0.2, 0) is 21.8 Å². The van der Waals surface area contributed by atoms with Crippen molar-refractivity contribution in [3.63, 3.8) is 0 Å². The Labute approximate surface area is 150 Å². The molecule has 2 aromatic carbocycles. The van der Waals surface area contributed by atoms with Crippen LogP contribution in [0, 0.1) is 0 Å². The number of nitrogen functional groups attached to an aromatic ring is 2. The molecule has 0 saturated carbocycles. The maximum absolute atomic E-state index is 6.38. The molecule has 9 heteroatoms. The van der Waals surface area contributed by atoms with E-state index in [1.165, 1.54) is 28.4 Å². The van der Waals surface area contributed by atoms with Crippen LogP contribution in [0.1, 0.15) is 0 Å². The molecule has 2 rings (SSSR count). The molecular formula is C16H24N2O5Si2-. The first-order valence-electron chi connectivity index (χ1n) is 7.58. The van der Waals surface area contributed by atoms with E-state index in [9.17, 15) is 0 Å². The molecule has 0 bridgehead atoms. The number of nitrogens with two attached hydrogens (primary N) is 2. The molecule has 0 heterocycles. The van der Waals surface area contributed by atoms with Gasteiger partial charge in [-0.1, -0.05) is 30.3 Å². The molecule has 0 fully saturated rings. The largest absolute Gasteiger partial charge is 0.524 e. The van der Waals surface area contributed by atoms with Gasteiger partial charge in [0.25, 0.3) is 0 Å². The monoisotopic (exact) mass is 380 g/mol. The zero-order valence-electron chi connectivity index (χ0n) is 14.8. The summed E-state index contributed by atoms with van der Waals surface area (Å²) in [6, 6.07) is 14.4. The molecule has 0 spiro atoms. The zero-order valence-corrected chi connectivity index (χ0v) is 16.8. The molecule has 2 aromatic rings. The van der Waals surface area contributed by atoms with E-state index in [1.807, 2.05) is 24.3 Å². The van der Waals surface area contributed by atoms with Crippen LogP contribution in [0.15, 0.2) is 48.5 Å². The molecule has 0 saturated heterocycles. The Balaban J connectivity index is 2.52. The van der Waals surface area contributed by atoms with Crippen LogP contribution in [-0.4, -0.2) is 46.0 Å². The van der Waals surface area contributed by atoms with Crippen molar-refractivity contribution >= 4 is 39.4 Å². The summed E-state index contributed by atoms with van der Waals surface area (Å²) in [7, 11) is -0.485. The molecule has 137 valence electrons. The van der Waals surface area contributed by atoms with Crippen LogP contribution < -0.4 is 21.8 Å². The van der Waals surface area contributed by atoms with E-state index in [2.05, 4.69) is 0 Å². The van der Waals surface area contributed by atoms with E-state index < -0.39 is 17.6 Å². The third-order valence-electron chi connectivity index (χ3n) is 3.85. The lowest BCUT2D eigenvalue weighted by Gasteiger charge is -2.46. The summed E-state index contributed by atoms with van der Waals surface area (Å²) < 4.78 is 29.3. The van der Waals surface area contributed by atoms with Gasteiger partial charge in [-0.3, -0.25) is 0 Å². The fourth-order valence-electron chi connectivity index (χ4n) is 2.52. The summed E-state index contributed by atoms with van der Waals surface area (Å²) in [5.41, 5.74) is 12.9. The van der Waals surface area contributed by atoms with Gasteiger partial charge in [-0.05, 0) is 32.4 Å². The fraction of sp³-hybridized carbons (Fsp3) is 0.250. The average Bonchev–Trinajstić information content (AvgIpc) is 2.65. The lowest BCUT2D eigenvalue weighted by molar-refractivity contribution is 0.107. The second-order valence-electron chi connectivity index (χ2n) is 5.28. The van der Waals surface area contributed by atoms with Crippen LogP contribution in [0.5, 0.6) is 0 Å². The molecule has 0 aliphatic rings. The Morgan fingerprint density at radius 2 is 1.40 bits per heavy atom. The van der Waals surface area contributed by atoms with Crippen LogP contribution in [0.2, 0.25) is 0 Å². The maximum Gasteiger partial charge on any atom is 0.498 e. The Bertz CT molecular complexity index is 691. The lowest BCUT2D eigenvalue weighted by Crippen LogP contribution is -2.68. The SMILES string of the molecule is CO[Si](OC)(O[Si-](OC)(OC)c1cccc(N)c1)c1ccc(N)cc1. The van der Waals surface area contributed by atoms with E-state index in [1.54, 1.807) is 24.3 Å². The van der Waals surface area contributed by atoms with Gasteiger partial charge in [0.15, 0.2) is 0 Å². The van der Waals surface area contributed by atoms with Gasteiger partial charge < -0.3 is 33.3 Å². The van der Waals surface area contributed by atoms with Gasteiger partial charge in [0.1, 0.15) is 0 Å². The van der Waals surface area contributed by atoms with E-state index in [0.29, 0.717) is 11.4 Å². The van der Waals surface area contributed by atoms with Crippen molar-refractivity contribution in [1.82, 2.24) is 0 Å². The number of hydrogen-bond donors (Lipinski definition) is 2. The average molecular weight is 381 g/mol. The molecule has 0 unspecified atom stereocenters. The third kappa shape index (κ3) is 3.93. The van der Waals surface area contributed by atoms with Crippen LogP contribution in [0.25, 0.3) is 0 Å².